The molecule has 3 rings (SSSR count). The molecule has 1 heterocycles. The number of rotatable bonds is 6. The lowest BCUT2D eigenvalue weighted by Gasteiger charge is -2.40. The first kappa shape index (κ1) is 25.1. The van der Waals surface area contributed by atoms with Crippen LogP contribution in [0.25, 0.3) is 0 Å². The molecular weight excluding hydrogens is 482 g/mol. The molecule has 1 unspecified atom stereocenters. The summed E-state index contributed by atoms with van der Waals surface area (Å²) in [6, 6.07) is 0.764. The minimum atomic E-state index is -9.90. The standard InChI is InChI=1S/C20H21F8N3OS/c1-31(14-2-4-15(5-3-14)33(24,25,26,27)28)18(16-12-29-11-8-17(16)21)19(32)30-13-6-9-20(22,23)10-7-13/h2-5,8,11-13,18H,6-7,9-10H2,1H3,(H,30,32). The number of hydrogen-bond donors (Lipinski definition) is 1. The maximum absolute atomic E-state index is 14.5. The summed E-state index contributed by atoms with van der Waals surface area (Å²) < 4.78 is 106. The van der Waals surface area contributed by atoms with Gasteiger partial charge in [-0.3, -0.25) is 9.78 Å². The van der Waals surface area contributed by atoms with Gasteiger partial charge in [-0.15, -0.1) is 0 Å². The highest BCUT2D eigenvalue weighted by molar-refractivity contribution is 8.45. The van der Waals surface area contributed by atoms with Crippen molar-refractivity contribution in [3.05, 3.63) is 54.1 Å². The fraction of sp³-hybridized carbons (Fsp3) is 0.400. The third-order valence-corrected chi connectivity index (χ3v) is 6.64. The van der Waals surface area contributed by atoms with E-state index in [1.54, 1.807) is 0 Å². The van der Waals surface area contributed by atoms with E-state index < -0.39 is 57.7 Å². The number of carbonyl (C=O) groups excluding carboxylic acids is 1. The van der Waals surface area contributed by atoms with Crippen molar-refractivity contribution in [1.29, 1.82) is 0 Å². The predicted molar refractivity (Wildman–Crippen MR) is 109 cm³/mol. The van der Waals surface area contributed by atoms with Crippen LogP contribution < -0.4 is 10.2 Å². The zero-order chi connectivity index (χ0) is 24.7. The van der Waals surface area contributed by atoms with E-state index in [0.29, 0.717) is 0 Å². The van der Waals surface area contributed by atoms with Gasteiger partial charge in [-0.05, 0) is 43.2 Å². The van der Waals surface area contributed by atoms with E-state index in [4.69, 9.17) is 0 Å². The van der Waals surface area contributed by atoms with Crippen molar-refractivity contribution in [1.82, 2.24) is 10.3 Å². The molecule has 1 aliphatic rings. The van der Waals surface area contributed by atoms with Crippen LogP contribution in [0.2, 0.25) is 0 Å². The van der Waals surface area contributed by atoms with Crippen LogP contribution in [-0.4, -0.2) is 29.9 Å². The third-order valence-electron chi connectivity index (χ3n) is 5.48. The van der Waals surface area contributed by atoms with E-state index in [-0.39, 0.29) is 36.2 Å². The zero-order valence-electron chi connectivity index (χ0n) is 17.3. The van der Waals surface area contributed by atoms with Gasteiger partial charge in [0.25, 0.3) is 0 Å². The highest BCUT2D eigenvalue weighted by Crippen LogP contribution is 3.02. The van der Waals surface area contributed by atoms with Crippen LogP contribution in [0.4, 0.5) is 38.3 Å². The lowest BCUT2D eigenvalue weighted by molar-refractivity contribution is -0.124. The predicted octanol–water partition coefficient (Wildman–Crippen LogP) is 6.75. The monoisotopic (exact) mass is 503 g/mol. The largest absolute Gasteiger partial charge is 0.359 e. The van der Waals surface area contributed by atoms with Gasteiger partial charge in [0.2, 0.25) is 11.8 Å². The van der Waals surface area contributed by atoms with E-state index in [2.05, 4.69) is 10.3 Å². The average Bonchev–Trinajstić information content (AvgIpc) is 2.69. The number of benzene rings is 1. The number of aromatic nitrogens is 1. The van der Waals surface area contributed by atoms with Crippen LogP contribution in [-0.2, 0) is 4.79 Å². The van der Waals surface area contributed by atoms with E-state index in [1.165, 1.54) is 7.05 Å². The quantitative estimate of drug-likeness (QED) is 0.444. The second-order valence-corrected chi connectivity index (χ2v) is 10.4. The van der Waals surface area contributed by atoms with Crippen LogP contribution in [0.5, 0.6) is 0 Å². The highest BCUT2D eigenvalue weighted by Gasteiger charge is 2.65. The fourth-order valence-corrected chi connectivity index (χ4v) is 4.32. The molecule has 2 aromatic rings. The molecule has 1 aliphatic carbocycles. The molecule has 0 bridgehead atoms. The molecule has 13 heteroatoms. The number of nitrogens with zero attached hydrogens (tertiary/aromatic N) is 2. The van der Waals surface area contributed by atoms with Crippen molar-refractivity contribution >= 4 is 21.8 Å². The summed E-state index contributed by atoms with van der Waals surface area (Å²) in [7, 11) is -8.63. The van der Waals surface area contributed by atoms with Crippen molar-refractivity contribution in [3.8, 4) is 0 Å². The molecule has 0 saturated heterocycles. The molecule has 1 fully saturated rings. The normalized spacial score (nSPS) is 19.8. The van der Waals surface area contributed by atoms with E-state index >= 15 is 0 Å². The summed E-state index contributed by atoms with van der Waals surface area (Å²) in [5.74, 6) is -4.47. The minimum Gasteiger partial charge on any atom is -0.359 e. The first-order valence-corrected chi connectivity index (χ1v) is 11.8. The summed E-state index contributed by atoms with van der Waals surface area (Å²) in [6.45, 7) is 0. The Kier molecular flexibility index (Phi) is 5.88. The van der Waals surface area contributed by atoms with Crippen molar-refractivity contribution in [2.75, 3.05) is 11.9 Å². The van der Waals surface area contributed by atoms with E-state index in [1.807, 2.05) is 0 Å². The molecule has 184 valence electrons. The maximum Gasteiger partial charge on any atom is 0.310 e. The van der Waals surface area contributed by atoms with Crippen molar-refractivity contribution in [2.24, 2.45) is 0 Å². The first-order valence-electron chi connectivity index (χ1n) is 9.81. The molecule has 33 heavy (non-hydrogen) atoms. The summed E-state index contributed by atoms with van der Waals surface area (Å²) in [4.78, 5) is 15.8. The number of amides is 1. The molecule has 1 saturated carbocycles. The topological polar surface area (TPSA) is 45.2 Å². The van der Waals surface area contributed by atoms with Gasteiger partial charge in [-0.1, -0.05) is 19.4 Å². The molecular formula is C20H21F8N3OS. The molecule has 1 N–H and O–H groups in total. The Labute approximate surface area is 184 Å². The van der Waals surface area contributed by atoms with Gasteiger partial charge in [0.05, 0.1) is 0 Å². The van der Waals surface area contributed by atoms with Crippen LogP contribution in [0.15, 0.2) is 47.6 Å². The summed E-state index contributed by atoms with van der Waals surface area (Å²) in [5, 5.41) is 2.58. The molecule has 0 radical (unpaired) electrons. The van der Waals surface area contributed by atoms with Gasteiger partial charge in [-0.2, -0.15) is 0 Å². The lowest BCUT2D eigenvalue weighted by Crippen LogP contribution is -2.46. The number of alkyl halides is 2. The third kappa shape index (κ3) is 6.06. The Morgan fingerprint density at radius 1 is 1.09 bits per heavy atom. The maximum atomic E-state index is 14.5. The van der Waals surface area contributed by atoms with Crippen LogP contribution >= 0.6 is 10.2 Å². The highest BCUT2D eigenvalue weighted by atomic mass is 32.5. The Morgan fingerprint density at radius 2 is 1.67 bits per heavy atom. The molecule has 1 aromatic heterocycles. The Hall–Kier alpha value is -2.57. The summed E-state index contributed by atoms with van der Waals surface area (Å²) in [6.07, 6.45) is 1.28. The van der Waals surface area contributed by atoms with Crippen LogP contribution in [0.3, 0.4) is 0 Å². The van der Waals surface area contributed by atoms with Gasteiger partial charge in [-0.25, -0.2) is 13.2 Å². The second-order valence-electron chi connectivity index (χ2n) is 8.01. The van der Waals surface area contributed by atoms with Crippen LogP contribution in [0, 0.1) is 5.82 Å². The number of nitrogens with one attached hydrogen (secondary N) is 1. The van der Waals surface area contributed by atoms with Gasteiger partial charge in [0, 0.05) is 49.6 Å². The fourth-order valence-electron chi connectivity index (χ4n) is 3.67. The minimum absolute atomic E-state index is 0.0106. The smallest absolute Gasteiger partial charge is 0.310 e. The van der Waals surface area contributed by atoms with E-state index in [0.717, 1.165) is 35.5 Å². The molecule has 1 atom stereocenters. The average molecular weight is 503 g/mol. The summed E-state index contributed by atoms with van der Waals surface area (Å²) in [5.41, 5.74) is -0.311. The number of carbonyl (C=O) groups is 1. The van der Waals surface area contributed by atoms with Crippen molar-refractivity contribution in [3.63, 3.8) is 0 Å². The second kappa shape index (κ2) is 7.74. The number of pyridine rings is 1. The Morgan fingerprint density at radius 3 is 2.18 bits per heavy atom. The Balaban J connectivity index is 1.90. The Bertz CT molecular complexity index is 1020. The summed E-state index contributed by atoms with van der Waals surface area (Å²) >= 11 is 0. The number of anilines is 1. The van der Waals surface area contributed by atoms with Gasteiger partial charge < -0.3 is 10.2 Å². The van der Waals surface area contributed by atoms with Crippen molar-refractivity contribution < 1.29 is 37.4 Å². The number of halogens is 8. The molecule has 4 nitrogen and oxygen atoms in total. The molecule has 0 spiro atoms. The van der Waals surface area contributed by atoms with Gasteiger partial charge in [0.15, 0.2) is 0 Å². The zero-order valence-corrected chi connectivity index (χ0v) is 18.1. The number of hydrogen-bond acceptors (Lipinski definition) is 3. The lowest BCUT2D eigenvalue weighted by atomic mass is 9.92. The van der Waals surface area contributed by atoms with Crippen LogP contribution in [0.1, 0.15) is 37.3 Å². The first-order chi connectivity index (χ1) is 15.0. The van der Waals surface area contributed by atoms with Gasteiger partial charge in [0.1, 0.15) is 16.8 Å². The molecule has 1 aromatic carbocycles. The number of likely N-dealkylation sites (N-methyl/N-ethyl adjacent to an activating group) is 1. The molecule has 1 amide bonds. The van der Waals surface area contributed by atoms with Crippen molar-refractivity contribution in [2.45, 2.75) is 48.6 Å². The molecule has 0 aliphatic heterocycles. The SMILES string of the molecule is CN(c1ccc(S(F)(F)(F)(F)F)cc1)C(C(=O)NC1CCC(F)(F)CC1)c1cnccc1F. The van der Waals surface area contributed by atoms with Gasteiger partial charge >= 0.3 is 10.2 Å². The van der Waals surface area contributed by atoms with E-state index in [9.17, 15) is 37.4 Å².